The maximum Gasteiger partial charge on any atom is 0.347 e. The Morgan fingerprint density at radius 1 is 1.11 bits per heavy atom. The van der Waals surface area contributed by atoms with Gasteiger partial charge in [-0.2, -0.15) is 0 Å². The molecule has 0 radical (unpaired) electrons. The zero-order valence-corrected chi connectivity index (χ0v) is 10.3. The molecule has 0 aliphatic heterocycles. The number of ether oxygens (including phenoxy) is 2. The van der Waals surface area contributed by atoms with Crippen LogP contribution in [0.25, 0.3) is 0 Å². The summed E-state index contributed by atoms with van der Waals surface area (Å²) < 4.78 is 10.0. The number of hydrogen-bond donors (Lipinski definition) is 0. The molecule has 0 aromatic heterocycles. The highest BCUT2D eigenvalue weighted by molar-refractivity contribution is 5.94. The van der Waals surface area contributed by atoms with E-state index in [4.69, 9.17) is 14.7 Å². The average Bonchev–Trinajstić information content (AvgIpc) is 2.42. The Balaban J connectivity index is 2.29. The lowest BCUT2D eigenvalue weighted by Gasteiger charge is -2.08. The number of rotatable bonds is 3. The number of esters is 1. The van der Waals surface area contributed by atoms with Gasteiger partial charge >= 0.3 is 5.97 Å². The van der Waals surface area contributed by atoms with Crippen LogP contribution in [0.15, 0.2) is 48.5 Å². The summed E-state index contributed by atoms with van der Waals surface area (Å²) in [5, 5.41) is 8.62. The minimum Gasteiger partial charge on any atom is -0.423 e. The Labute approximate surface area is 110 Å². The van der Waals surface area contributed by atoms with Gasteiger partial charge in [0.2, 0.25) is 0 Å². The summed E-state index contributed by atoms with van der Waals surface area (Å²) >= 11 is 0. The van der Waals surface area contributed by atoms with Crippen molar-refractivity contribution in [3.63, 3.8) is 0 Å². The molecule has 0 bridgehead atoms. The zero-order valence-electron chi connectivity index (χ0n) is 10.3. The van der Waals surface area contributed by atoms with E-state index in [1.807, 2.05) is 6.07 Å². The van der Waals surface area contributed by atoms with Crippen LogP contribution in [0.1, 0.15) is 15.9 Å². The van der Waals surface area contributed by atoms with Gasteiger partial charge < -0.3 is 9.47 Å². The monoisotopic (exact) mass is 253 g/mol. The molecule has 2 aromatic rings. The number of aryl methyl sites for hydroxylation is 1. The van der Waals surface area contributed by atoms with Gasteiger partial charge in [0.25, 0.3) is 6.26 Å². The van der Waals surface area contributed by atoms with E-state index in [-0.39, 0.29) is 11.3 Å². The van der Waals surface area contributed by atoms with E-state index in [9.17, 15) is 4.79 Å². The molecule has 0 spiro atoms. The van der Waals surface area contributed by atoms with Crippen LogP contribution >= 0.6 is 0 Å². The van der Waals surface area contributed by atoms with Gasteiger partial charge in [-0.1, -0.05) is 30.3 Å². The fraction of sp³-hybridized carbons (Fsp3) is 0.0667. The van der Waals surface area contributed by atoms with Crippen molar-refractivity contribution in [2.45, 2.75) is 6.92 Å². The van der Waals surface area contributed by atoms with Crippen LogP contribution in [-0.2, 0) is 0 Å². The standard InChI is InChI=1S/C15H11NO3/c1-11-6-5-9-13(14(11)18-10-16)15(17)19-12-7-3-2-4-8-12/h2-9H,1H3. The van der Waals surface area contributed by atoms with Crippen LogP contribution in [0.3, 0.4) is 0 Å². The molecule has 4 nitrogen and oxygen atoms in total. The maximum absolute atomic E-state index is 12.1. The summed E-state index contributed by atoms with van der Waals surface area (Å²) in [6, 6.07) is 13.8. The maximum atomic E-state index is 12.1. The van der Waals surface area contributed by atoms with E-state index in [2.05, 4.69) is 0 Å². The number of nitrogens with zero attached hydrogens (tertiary/aromatic N) is 1. The summed E-state index contributed by atoms with van der Waals surface area (Å²) in [6.07, 6.45) is 1.58. The fourth-order valence-electron chi connectivity index (χ4n) is 1.64. The summed E-state index contributed by atoms with van der Waals surface area (Å²) in [5.74, 6) is 0.114. The normalized spacial score (nSPS) is 9.47. The molecule has 94 valence electrons. The van der Waals surface area contributed by atoms with Crippen molar-refractivity contribution in [2.75, 3.05) is 0 Å². The molecule has 0 aliphatic rings. The van der Waals surface area contributed by atoms with Crippen LogP contribution in [0.4, 0.5) is 0 Å². The van der Waals surface area contributed by atoms with E-state index in [0.29, 0.717) is 11.3 Å². The van der Waals surface area contributed by atoms with Gasteiger partial charge in [-0.3, -0.25) is 0 Å². The number of carbonyl (C=O) groups excluding carboxylic acids is 1. The topological polar surface area (TPSA) is 59.3 Å². The van der Waals surface area contributed by atoms with E-state index >= 15 is 0 Å². The third kappa shape index (κ3) is 2.90. The molecule has 0 N–H and O–H groups in total. The third-order valence-corrected chi connectivity index (χ3v) is 2.53. The highest BCUT2D eigenvalue weighted by atomic mass is 16.5. The first-order valence-corrected chi connectivity index (χ1v) is 5.65. The predicted octanol–water partition coefficient (Wildman–Crippen LogP) is 3.07. The summed E-state index contributed by atoms with van der Waals surface area (Å²) in [7, 11) is 0. The Hall–Kier alpha value is -2.80. The van der Waals surface area contributed by atoms with Crippen LogP contribution in [0, 0.1) is 18.4 Å². The molecular formula is C15H11NO3. The molecule has 2 rings (SSSR count). The second-order valence-electron chi connectivity index (χ2n) is 3.85. The van der Waals surface area contributed by atoms with Gasteiger partial charge in [-0.15, -0.1) is 5.26 Å². The molecule has 0 fully saturated rings. The van der Waals surface area contributed by atoms with Gasteiger partial charge in [-0.25, -0.2) is 4.79 Å². The van der Waals surface area contributed by atoms with Gasteiger partial charge in [0.1, 0.15) is 11.3 Å². The first-order chi connectivity index (χ1) is 9.22. The van der Waals surface area contributed by atoms with E-state index in [1.54, 1.807) is 55.6 Å². The quantitative estimate of drug-likeness (QED) is 0.479. The number of benzene rings is 2. The van der Waals surface area contributed by atoms with Gasteiger partial charge in [-0.05, 0) is 30.7 Å². The van der Waals surface area contributed by atoms with Crippen molar-refractivity contribution in [1.82, 2.24) is 0 Å². The molecule has 0 atom stereocenters. The van der Waals surface area contributed by atoms with Crippen LogP contribution in [0.5, 0.6) is 11.5 Å². The first kappa shape index (κ1) is 12.7. The molecular weight excluding hydrogens is 242 g/mol. The summed E-state index contributed by atoms with van der Waals surface area (Å²) in [5.41, 5.74) is 0.925. The van der Waals surface area contributed by atoms with Gasteiger partial charge in [0.05, 0.1) is 0 Å². The Kier molecular flexibility index (Phi) is 3.79. The van der Waals surface area contributed by atoms with Crippen molar-refractivity contribution in [3.05, 3.63) is 59.7 Å². The number of nitriles is 1. The summed E-state index contributed by atoms with van der Waals surface area (Å²) in [6.45, 7) is 1.76. The fourth-order valence-corrected chi connectivity index (χ4v) is 1.64. The molecule has 19 heavy (non-hydrogen) atoms. The summed E-state index contributed by atoms with van der Waals surface area (Å²) in [4.78, 5) is 12.1. The van der Waals surface area contributed by atoms with Crippen molar-refractivity contribution >= 4 is 5.97 Å². The lowest BCUT2D eigenvalue weighted by molar-refractivity contribution is 0.0732. The van der Waals surface area contributed by atoms with E-state index in [1.165, 1.54) is 0 Å². The van der Waals surface area contributed by atoms with Gasteiger partial charge in [0, 0.05) is 0 Å². The molecule has 0 saturated heterocycles. The first-order valence-electron chi connectivity index (χ1n) is 5.65. The lowest BCUT2D eigenvalue weighted by Crippen LogP contribution is -2.10. The molecule has 0 amide bonds. The highest BCUT2D eigenvalue weighted by Crippen LogP contribution is 2.24. The predicted molar refractivity (Wildman–Crippen MR) is 68.8 cm³/mol. The van der Waals surface area contributed by atoms with E-state index < -0.39 is 5.97 Å². The lowest BCUT2D eigenvalue weighted by atomic mass is 10.1. The SMILES string of the molecule is Cc1cccc(C(=O)Oc2ccccc2)c1OC#N. The van der Waals surface area contributed by atoms with Crippen molar-refractivity contribution in [3.8, 4) is 17.8 Å². The average molecular weight is 253 g/mol. The number of hydrogen-bond acceptors (Lipinski definition) is 4. The molecule has 0 aliphatic carbocycles. The van der Waals surface area contributed by atoms with Crippen molar-refractivity contribution < 1.29 is 14.3 Å². The highest BCUT2D eigenvalue weighted by Gasteiger charge is 2.17. The molecule has 0 heterocycles. The van der Waals surface area contributed by atoms with Crippen molar-refractivity contribution in [2.24, 2.45) is 0 Å². The smallest absolute Gasteiger partial charge is 0.347 e. The van der Waals surface area contributed by atoms with Crippen LogP contribution in [-0.4, -0.2) is 5.97 Å². The molecule has 0 unspecified atom stereocenters. The molecule has 0 saturated carbocycles. The number of carbonyl (C=O) groups is 1. The van der Waals surface area contributed by atoms with Gasteiger partial charge in [0.15, 0.2) is 5.75 Å². The zero-order chi connectivity index (χ0) is 13.7. The Bertz CT molecular complexity index is 630. The molecule has 2 aromatic carbocycles. The molecule has 4 heteroatoms. The third-order valence-electron chi connectivity index (χ3n) is 2.53. The number of para-hydroxylation sites is 2. The van der Waals surface area contributed by atoms with E-state index in [0.717, 1.165) is 0 Å². The second-order valence-corrected chi connectivity index (χ2v) is 3.85. The largest absolute Gasteiger partial charge is 0.423 e. The minimum absolute atomic E-state index is 0.227. The second kappa shape index (κ2) is 5.69. The Morgan fingerprint density at radius 2 is 1.84 bits per heavy atom. The minimum atomic E-state index is -0.555. The Morgan fingerprint density at radius 3 is 2.53 bits per heavy atom. The van der Waals surface area contributed by atoms with Crippen LogP contribution in [0.2, 0.25) is 0 Å². The van der Waals surface area contributed by atoms with Crippen LogP contribution < -0.4 is 9.47 Å². The van der Waals surface area contributed by atoms with Crippen molar-refractivity contribution in [1.29, 1.82) is 5.26 Å².